The van der Waals surface area contributed by atoms with E-state index in [2.05, 4.69) is 34.0 Å². The molecule has 0 spiro atoms. The number of likely N-dealkylation sites (tertiary alicyclic amines) is 1. The van der Waals surface area contributed by atoms with Crippen LogP contribution in [0.5, 0.6) is 0 Å². The largest absolute Gasteiger partial charge is 0.444 e. The fourth-order valence-electron chi connectivity index (χ4n) is 3.44. The predicted molar refractivity (Wildman–Crippen MR) is 112 cm³/mol. The Morgan fingerprint density at radius 1 is 1.24 bits per heavy atom. The molecule has 2 heterocycles. The van der Waals surface area contributed by atoms with Crippen LogP contribution in [0.25, 0.3) is 11.5 Å². The third kappa shape index (κ3) is 5.20. The molecular weight excluding hydrogens is 427 g/mol. The van der Waals surface area contributed by atoms with Gasteiger partial charge in [-0.2, -0.15) is 0 Å². The zero-order chi connectivity index (χ0) is 16.9. The smallest absolute Gasteiger partial charge is 0.226 e. The number of oxazole rings is 1. The van der Waals surface area contributed by atoms with Gasteiger partial charge in [-0.1, -0.05) is 32.0 Å². The highest BCUT2D eigenvalue weighted by Gasteiger charge is 2.24. The Balaban J connectivity index is 0.00000225. The molecule has 1 aromatic heterocycles. The summed E-state index contributed by atoms with van der Waals surface area (Å²) in [5.74, 6) is 2.99. The molecule has 0 radical (unpaired) electrons. The average Bonchev–Trinajstić information content (AvgIpc) is 3.04. The van der Waals surface area contributed by atoms with Crippen LogP contribution in [-0.4, -0.2) is 36.0 Å². The van der Waals surface area contributed by atoms with Gasteiger partial charge in [0.15, 0.2) is 5.96 Å². The molecule has 1 aromatic carbocycles. The Morgan fingerprint density at radius 3 is 2.56 bits per heavy atom. The topological polar surface area (TPSA) is 53.7 Å². The van der Waals surface area contributed by atoms with Gasteiger partial charge in [-0.15, -0.1) is 24.0 Å². The number of guanidine groups is 1. The lowest BCUT2D eigenvalue weighted by atomic mass is 9.92. The second kappa shape index (κ2) is 9.22. The minimum Gasteiger partial charge on any atom is -0.444 e. The lowest BCUT2D eigenvalue weighted by molar-refractivity contribution is 0.208. The number of hydrogen-bond acceptors (Lipinski definition) is 3. The van der Waals surface area contributed by atoms with Crippen molar-refractivity contribution in [3.63, 3.8) is 0 Å². The molecule has 3 rings (SSSR count). The molecule has 136 valence electrons. The summed E-state index contributed by atoms with van der Waals surface area (Å²) < 4.78 is 5.59. The van der Waals surface area contributed by atoms with Gasteiger partial charge in [0.2, 0.25) is 5.89 Å². The number of nitrogens with zero attached hydrogens (tertiary/aromatic N) is 3. The fourth-order valence-corrected chi connectivity index (χ4v) is 3.44. The molecule has 25 heavy (non-hydrogen) atoms. The highest BCUT2D eigenvalue weighted by Crippen LogP contribution is 2.21. The Morgan fingerprint density at radius 2 is 1.92 bits per heavy atom. The standard InChI is InChI=1S/C19H26N4O.HI/c1-14-9-15(2)12-23(11-14)19(20-3)21-10-17-13-24-18(22-17)16-7-5-4-6-8-16;/h4-8,13-15H,9-12H2,1-3H3,(H,20,21);1H. The van der Waals surface area contributed by atoms with E-state index in [-0.39, 0.29) is 24.0 Å². The maximum absolute atomic E-state index is 5.59. The van der Waals surface area contributed by atoms with Gasteiger partial charge >= 0.3 is 0 Å². The quantitative estimate of drug-likeness (QED) is 0.433. The van der Waals surface area contributed by atoms with Crippen molar-refractivity contribution >= 4 is 29.9 Å². The molecule has 1 saturated heterocycles. The maximum Gasteiger partial charge on any atom is 0.226 e. The zero-order valence-electron chi connectivity index (χ0n) is 15.1. The first-order chi connectivity index (χ1) is 11.7. The molecule has 2 unspecified atom stereocenters. The molecular formula is C19H27IN4O. The summed E-state index contributed by atoms with van der Waals surface area (Å²) in [4.78, 5) is 11.3. The van der Waals surface area contributed by atoms with Gasteiger partial charge in [0.1, 0.15) is 6.26 Å². The molecule has 1 aliphatic rings. The third-order valence-corrected chi connectivity index (χ3v) is 4.38. The van der Waals surface area contributed by atoms with E-state index in [1.165, 1.54) is 6.42 Å². The van der Waals surface area contributed by atoms with E-state index < -0.39 is 0 Å². The van der Waals surface area contributed by atoms with Gasteiger partial charge in [-0.25, -0.2) is 4.98 Å². The van der Waals surface area contributed by atoms with Crippen molar-refractivity contribution in [2.75, 3.05) is 20.1 Å². The maximum atomic E-state index is 5.59. The second-order valence-corrected chi connectivity index (χ2v) is 6.76. The summed E-state index contributed by atoms with van der Waals surface area (Å²) in [6, 6.07) is 9.95. The van der Waals surface area contributed by atoms with Crippen LogP contribution in [0.2, 0.25) is 0 Å². The molecule has 2 atom stereocenters. The van der Waals surface area contributed by atoms with Crippen LogP contribution in [0.3, 0.4) is 0 Å². The van der Waals surface area contributed by atoms with Crippen molar-refractivity contribution in [3.05, 3.63) is 42.3 Å². The normalized spacial score (nSPS) is 20.9. The van der Waals surface area contributed by atoms with E-state index in [4.69, 9.17) is 4.42 Å². The molecule has 0 aliphatic carbocycles. The van der Waals surface area contributed by atoms with Crippen LogP contribution in [0.1, 0.15) is 26.0 Å². The molecule has 1 aliphatic heterocycles. The molecule has 2 aromatic rings. The number of benzene rings is 1. The van der Waals surface area contributed by atoms with Crippen LogP contribution in [-0.2, 0) is 6.54 Å². The van der Waals surface area contributed by atoms with Gasteiger partial charge in [-0.3, -0.25) is 4.99 Å². The SMILES string of the molecule is CN=C(NCc1coc(-c2ccccc2)n1)N1CC(C)CC(C)C1.I. The highest BCUT2D eigenvalue weighted by atomic mass is 127. The van der Waals surface area contributed by atoms with E-state index in [1.807, 2.05) is 37.4 Å². The van der Waals surface area contributed by atoms with Crippen molar-refractivity contribution in [2.45, 2.75) is 26.8 Å². The monoisotopic (exact) mass is 454 g/mol. The van der Waals surface area contributed by atoms with Gasteiger partial charge in [0.25, 0.3) is 0 Å². The summed E-state index contributed by atoms with van der Waals surface area (Å²) in [6.45, 7) is 7.33. The zero-order valence-corrected chi connectivity index (χ0v) is 17.4. The number of piperidine rings is 1. The Hall–Kier alpha value is -1.57. The van der Waals surface area contributed by atoms with Crippen molar-refractivity contribution in [1.29, 1.82) is 0 Å². The molecule has 6 heteroatoms. The van der Waals surface area contributed by atoms with Gasteiger partial charge in [0.05, 0.1) is 12.2 Å². The number of rotatable bonds is 3. The molecule has 0 amide bonds. The minimum atomic E-state index is 0. The van der Waals surface area contributed by atoms with Crippen molar-refractivity contribution in [3.8, 4) is 11.5 Å². The Kier molecular flexibility index (Phi) is 7.28. The first-order valence-electron chi connectivity index (χ1n) is 8.61. The van der Waals surface area contributed by atoms with Gasteiger partial charge in [-0.05, 0) is 30.4 Å². The van der Waals surface area contributed by atoms with Crippen LogP contribution < -0.4 is 5.32 Å². The summed E-state index contributed by atoms with van der Waals surface area (Å²) in [6.07, 6.45) is 3.00. The van der Waals surface area contributed by atoms with Crippen LogP contribution in [0.15, 0.2) is 46.0 Å². The highest BCUT2D eigenvalue weighted by molar-refractivity contribution is 14.0. The lowest BCUT2D eigenvalue weighted by Crippen LogP contribution is -2.48. The van der Waals surface area contributed by atoms with E-state index in [0.717, 1.165) is 30.3 Å². The molecule has 1 fully saturated rings. The lowest BCUT2D eigenvalue weighted by Gasteiger charge is -2.37. The number of hydrogen-bond donors (Lipinski definition) is 1. The van der Waals surface area contributed by atoms with Crippen molar-refractivity contribution < 1.29 is 4.42 Å². The molecule has 1 N–H and O–H groups in total. The number of halogens is 1. The van der Waals surface area contributed by atoms with E-state index >= 15 is 0 Å². The number of aliphatic imine (C=N–C) groups is 1. The first kappa shape index (κ1) is 19.8. The average molecular weight is 454 g/mol. The number of aromatic nitrogens is 1. The van der Waals surface area contributed by atoms with Crippen molar-refractivity contribution in [1.82, 2.24) is 15.2 Å². The summed E-state index contributed by atoms with van der Waals surface area (Å²) in [5.41, 5.74) is 1.87. The van der Waals surface area contributed by atoms with Crippen LogP contribution in [0.4, 0.5) is 0 Å². The molecule has 0 saturated carbocycles. The second-order valence-electron chi connectivity index (χ2n) is 6.76. The van der Waals surface area contributed by atoms with E-state index in [1.54, 1.807) is 6.26 Å². The van der Waals surface area contributed by atoms with E-state index in [9.17, 15) is 0 Å². The molecule has 5 nitrogen and oxygen atoms in total. The minimum absolute atomic E-state index is 0. The Labute approximate surface area is 166 Å². The summed E-state index contributed by atoms with van der Waals surface area (Å²) in [5, 5.41) is 3.41. The summed E-state index contributed by atoms with van der Waals surface area (Å²) >= 11 is 0. The fraction of sp³-hybridized carbons (Fsp3) is 0.474. The van der Waals surface area contributed by atoms with Gasteiger partial charge < -0.3 is 14.6 Å². The van der Waals surface area contributed by atoms with Crippen molar-refractivity contribution in [2.24, 2.45) is 16.8 Å². The summed E-state index contributed by atoms with van der Waals surface area (Å²) in [7, 11) is 1.84. The third-order valence-electron chi connectivity index (χ3n) is 4.38. The van der Waals surface area contributed by atoms with Crippen LogP contribution in [0, 0.1) is 11.8 Å². The van der Waals surface area contributed by atoms with Crippen LogP contribution >= 0.6 is 24.0 Å². The number of nitrogens with one attached hydrogen (secondary N) is 1. The molecule has 0 bridgehead atoms. The van der Waals surface area contributed by atoms with Gasteiger partial charge in [0, 0.05) is 25.7 Å². The first-order valence-corrected chi connectivity index (χ1v) is 8.61. The van der Waals surface area contributed by atoms with E-state index in [0.29, 0.717) is 24.3 Å². The predicted octanol–water partition coefficient (Wildman–Crippen LogP) is 4.01. The Bertz CT molecular complexity index is 676.